The average Bonchev–Trinajstić information content (AvgIpc) is 3.10. The zero-order valence-corrected chi connectivity index (χ0v) is 20.5. The van der Waals surface area contributed by atoms with E-state index >= 15 is 0 Å². The number of benzene rings is 3. The Hall–Kier alpha value is -4.03. The highest BCUT2D eigenvalue weighted by Gasteiger charge is 2.36. The number of carbonyl (C=O) groups excluding carboxylic acids is 1. The summed E-state index contributed by atoms with van der Waals surface area (Å²) in [6, 6.07) is 24.7. The first-order valence-electron chi connectivity index (χ1n) is 12.1. The van der Waals surface area contributed by atoms with E-state index in [1.54, 1.807) is 16.8 Å². The molecule has 0 spiro atoms. The van der Waals surface area contributed by atoms with Crippen LogP contribution in [0.4, 0.5) is 11.4 Å². The first-order valence-corrected chi connectivity index (χ1v) is 12.4. The smallest absolute Gasteiger partial charge is 0.228 e. The van der Waals surface area contributed by atoms with Crippen LogP contribution < -0.4 is 15.4 Å². The van der Waals surface area contributed by atoms with Gasteiger partial charge in [0.2, 0.25) is 5.88 Å². The van der Waals surface area contributed by atoms with Crippen molar-refractivity contribution in [3.63, 3.8) is 0 Å². The summed E-state index contributed by atoms with van der Waals surface area (Å²) in [7, 11) is 0. The van der Waals surface area contributed by atoms with Crippen LogP contribution in [0, 0.1) is 6.92 Å². The molecule has 1 atom stereocenters. The molecule has 1 aliphatic heterocycles. The van der Waals surface area contributed by atoms with E-state index in [1.807, 2.05) is 73.7 Å². The molecule has 2 heterocycles. The maximum absolute atomic E-state index is 13.4. The van der Waals surface area contributed by atoms with Gasteiger partial charge in [0.1, 0.15) is 5.75 Å². The maximum atomic E-state index is 13.4. The third-order valence-corrected chi connectivity index (χ3v) is 6.89. The number of hydrogen-bond acceptors (Lipinski definition) is 5. The van der Waals surface area contributed by atoms with Gasteiger partial charge in [-0.25, -0.2) is 4.68 Å². The quantitative estimate of drug-likeness (QED) is 0.312. The first kappa shape index (κ1) is 22.4. The van der Waals surface area contributed by atoms with Gasteiger partial charge in [-0.1, -0.05) is 41.9 Å². The number of aryl methyl sites for hydroxylation is 1. The molecule has 6 nitrogen and oxygen atoms in total. The highest BCUT2D eigenvalue weighted by molar-refractivity contribution is 6.30. The Morgan fingerprint density at radius 3 is 2.44 bits per heavy atom. The molecule has 3 aromatic carbocycles. The van der Waals surface area contributed by atoms with Gasteiger partial charge >= 0.3 is 0 Å². The van der Waals surface area contributed by atoms with Crippen LogP contribution in [0.15, 0.2) is 90.1 Å². The molecule has 1 aliphatic carbocycles. The van der Waals surface area contributed by atoms with Gasteiger partial charge in [0.25, 0.3) is 0 Å². The zero-order valence-electron chi connectivity index (χ0n) is 19.8. The summed E-state index contributed by atoms with van der Waals surface area (Å²) in [6.45, 7) is 1.96. The molecule has 0 fully saturated rings. The lowest BCUT2D eigenvalue weighted by molar-refractivity contribution is -0.116. The van der Waals surface area contributed by atoms with Gasteiger partial charge in [-0.05, 0) is 68.3 Å². The van der Waals surface area contributed by atoms with Crippen LogP contribution in [0.25, 0.3) is 5.69 Å². The number of para-hydroxylation sites is 3. The zero-order chi connectivity index (χ0) is 24.6. The van der Waals surface area contributed by atoms with E-state index in [4.69, 9.17) is 21.4 Å². The van der Waals surface area contributed by atoms with Crippen LogP contribution in [0.1, 0.15) is 36.6 Å². The van der Waals surface area contributed by atoms with Gasteiger partial charge < -0.3 is 15.4 Å². The number of ether oxygens (including phenoxy) is 1. The van der Waals surface area contributed by atoms with E-state index < -0.39 is 6.04 Å². The Labute approximate surface area is 214 Å². The lowest BCUT2D eigenvalue weighted by Gasteiger charge is -2.26. The fourth-order valence-electron chi connectivity index (χ4n) is 4.96. The molecule has 36 heavy (non-hydrogen) atoms. The van der Waals surface area contributed by atoms with Crippen molar-refractivity contribution in [3.05, 3.63) is 106 Å². The predicted octanol–water partition coefficient (Wildman–Crippen LogP) is 7.21. The minimum absolute atomic E-state index is 0.137. The van der Waals surface area contributed by atoms with Crippen molar-refractivity contribution in [1.29, 1.82) is 0 Å². The Balaban J connectivity index is 1.57. The van der Waals surface area contributed by atoms with Crippen molar-refractivity contribution < 1.29 is 9.53 Å². The second kappa shape index (κ2) is 9.21. The Kier molecular flexibility index (Phi) is 5.74. The number of carbonyl (C=O) groups is 1. The van der Waals surface area contributed by atoms with Crippen LogP contribution in [0.3, 0.4) is 0 Å². The summed E-state index contributed by atoms with van der Waals surface area (Å²) in [5.41, 5.74) is 6.06. The molecule has 6 rings (SSSR count). The van der Waals surface area contributed by atoms with Crippen molar-refractivity contribution >= 4 is 28.8 Å². The van der Waals surface area contributed by atoms with Crippen molar-refractivity contribution in [1.82, 2.24) is 9.78 Å². The molecule has 0 saturated heterocycles. The van der Waals surface area contributed by atoms with Crippen molar-refractivity contribution in [2.24, 2.45) is 0 Å². The molecular weight excluding hydrogens is 472 g/mol. The summed E-state index contributed by atoms with van der Waals surface area (Å²) < 4.78 is 8.32. The number of ketones is 1. The Morgan fingerprint density at radius 1 is 0.944 bits per heavy atom. The minimum atomic E-state index is -0.427. The highest BCUT2D eigenvalue weighted by atomic mass is 35.5. The second-order valence-corrected chi connectivity index (χ2v) is 9.46. The molecule has 0 saturated carbocycles. The summed E-state index contributed by atoms with van der Waals surface area (Å²) in [5, 5.41) is 12.7. The number of allylic oxidation sites excluding steroid dienone is 1. The number of anilines is 2. The molecule has 2 aliphatic rings. The average molecular weight is 497 g/mol. The van der Waals surface area contributed by atoms with Gasteiger partial charge in [-0.15, -0.1) is 0 Å². The first-order chi connectivity index (χ1) is 17.6. The third kappa shape index (κ3) is 4.03. The third-order valence-electron chi connectivity index (χ3n) is 6.64. The highest BCUT2D eigenvalue weighted by Crippen LogP contribution is 2.45. The number of fused-ring (bicyclic) bond motifs is 1. The monoisotopic (exact) mass is 496 g/mol. The molecule has 0 amide bonds. The fraction of sp³-hybridized carbons (Fsp3) is 0.172. The summed E-state index contributed by atoms with van der Waals surface area (Å²) >= 11 is 6.12. The number of nitrogens with one attached hydrogen (secondary N) is 2. The summed E-state index contributed by atoms with van der Waals surface area (Å²) in [5.74, 6) is 1.33. The predicted molar refractivity (Wildman–Crippen MR) is 142 cm³/mol. The SMILES string of the molecule is Cc1nn(-c2ccccc2)c(Oc2ccc(Cl)cc2)c1C1Nc2ccccc2NC2=C1C(=O)CCC2. The number of Topliss-reactive ketones (excluding diaryl/α,β-unsaturated/α-hetero) is 1. The van der Waals surface area contributed by atoms with E-state index in [-0.39, 0.29) is 5.78 Å². The van der Waals surface area contributed by atoms with Crippen LogP contribution >= 0.6 is 11.6 Å². The molecule has 2 N–H and O–H groups in total. The summed E-state index contributed by atoms with van der Waals surface area (Å²) in [6.07, 6.45) is 2.16. The van der Waals surface area contributed by atoms with Gasteiger partial charge in [-0.2, -0.15) is 5.10 Å². The Morgan fingerprint density at radius 2 is 1.67 bits per heavy atom. The second-order valence-electron chi connectivity index (χ2n) is 9.02. The molecular formula is C29H25ClN4O2. The normalized spacial score (nSPS) is 16.9. The van der Waals surface area contributed by atoms with Gasteiger partial charge in [0.15, 0.2) is 5.78 Å². The molecule has 0 radical (unpaired) electrons. The number of rotatable bonds is 4. The number of aromatic nitrogens is 2. The lowest BCUT2D eigenvalue weighted by Crippen LogP contribution is -2.24. The van der Waals surface area contributed by atoms with Gasteiger partial charge in [-0.3, -0.25) is 4.79 Å². The van der Waals surface area contributed by atoms with E-state index in [2.05, 4.69) is 10.6 Å². The van der Waals surface area contributed by atoms with E-state index in [1.165, 1.54) is 0 Å². The number of nitrogens with zero attached hydrogens (tertiary/aromatic N) is 2. The summed E-state index contributed by atoms with van der Waals surface area (Å²) in [4.78, 5) is 13.4. The van der Waals surface area contributed by atoms with Crippen molar-refractivity contribution in [2.45, 2.75) is 32.2 Å². The van der Waals surface area contributed by atoms with Crippen LogP contribution in [-0.2, 0) is 4.79 Å². The topological polar surface area (TPSA) is 68.2 Å². The van der Waals surface area contributed by atoms with Crippen LogP contribution in [0.2, 0.25) is 5.02 Å². The number of halogens is 1. The Bertz CT molecular complexity index is 1480. The van der Waals surface area contributed by atoms with Crippen molar-refractivity contribution in [3.8, 4) is 17.3 Å². The van der Waals surface area contributed by atoms with Gasteiger partial charge in [0.05, 0.1) is 34.4 Å². The molecule has 1 unspecified atom stereocenters. The minimum Gasteiger partial charge on any atom is -0.439 e. The van der Waals surface area contributed by atoms with Gasteiger partial charge in [0, 0.05) is 22.7 Å². The maximum Gasteiger partial charge on any atom is 0.228 e. The van der Waals surface area contributed by atoms with Crippen molar-refractivity contribution in [2.75, 3.05) is 10.6 Å². The van der Waals surface area contributed by atoms with E-state index in [0.29, 0.717) is 23.1 Å². The van der Waals surface area contributed by atoms with Crippen LogP contribution in [-0.4, -0.2) is 15.6 Å². The molecule has 0 bridgehead atoms. The largest absolute Gasteiger partial charge is 0.439 e. The fourth-order valence-corrected chi connectivity index (χ4v) is 5.09. The lowest BCUT2D eigenvalue weighted by atomic mass is 9.86. The molecule has 180 valence electrons. The van der Waals surface area contributed by atoms with Crippen LogP contribution in [0.5, 0.6) is 11.6 Å². The molecule has 4 aromatic rings. The standard InChI is InChI=1S/C29H25ClN4O2/c1-18-26(28-27-24(12-7-13-25(27)35)31-22-10-5-6-11-23(22)32-28)29(36-21-16-14-19(30)15-17-21)34(33-18)20-8-3-2-4-9-20/h2-6,8-11,14-17,28,31-32H,7,12-13H2,1H3. The molecule has 7 heteroatoms. The van der Waals surface area contributed by atoms with E-state index in [0.717, 1.165) is 52.4 Å². The molecule has 1 aromatic heterocycles. The van der Waals surface area contributed by atoms with E-state index in [9.17, 15) is 4.79 Å². The number of hydrogen-bond donors (Lipinski definition) is 2.